The van der Waals surface area contributed by atoms with Crippen molar-refractivity contribution in [1.29, 1.82) is 0 Å². The monoisotopic (exact) mass is 916 g/mol. The molecule has 4 aromatic rings. The molecular weight excluding hydrogens is 853 g/mol. The minimum Gasteiger partial charge on any atom is -0.481 e. The van der Waals surface area contributed by atoms with Gasteiger partial charge in [-0.25, -0.2) is 0 Å². The van der Waals surface area contributed by atoms with E-state index in [0.29, 0.717) is 89.3 Å². The van der Waals surface area contributed by atoms with E-state index in [1.165, 1.54) is 0 Å². The van der Waals surface area contributed by atoms with Crippen molar-refractivity contribution in [1.82, 2.24) is 30.4 Å². The number of carboxylic acid groups (broad SMARTS) is 2. The first-order valence-electron chi connectivity index (χ1n) is 22.5. The maximum atomic E-state index is 11.0. The van der Waals surface area contributed by atoms with Gasteiger partial charge in [0.05, 0.1) is 51.5 Å². The molecule has 0 radical (unpaired) electrons. The number of carboxylic acids is 2. The smallest absolute Gasteiger partial charge is 0.306 e. The van der Waals surface area contributed by atoms with Crippen molar-refractivity contribution in [2.45, 2.75) is 65.2 Å². The fraction of sp³-hybridized carbons (Fsp3) is 0.500. The van der Waals surface area contributed by atoms with Gasteiger partial charge in [0.25, 0.3) is 0 Å². The molecule has 0 saturated carbocycles. The summed E-state index contributed by atoms with van der Waals surface area (Å²) < 4.78 is 35.9. The van der Waals surface area contributed by atoms with Gasteiger partial charge in [-0.2, -0.15) is 9.97 Å². The highest BCUT2D eigenvalue weighted by Gasteiger charge is 2.18. The van der Waals surface area contributed by atoms with Gasteiger partial charge >= 0.3 is 11.9 Å². The van der Waals surface area contributed by atoms with E-state index in [9.17, 15) is 19.8 Å². The quantitative estimate of drug-likeness (QED) is 0.0505. The van der Waals surface area contributed by atoms with E-state index < -0.39 is 24.1 Å². The van der Waals surface area contributed by atoms with Crippen LogP contribution in [0, 0.1) is 13.8 Å². The van der Waals surface area contributed by atoms with Gasteiger partial charge in [0.15, 0.2) is 0 Å². The van der Waals surface area contributed by atoms with Gasteiger partial charge in [-0.05, 0) is 59.4 Å². The molecule has 0 spiro atoms. The maximum absolute atomic E-state index is 11.0. The molecule has 6 rings (SSSR count). The molecule has 66 heavy (non-hydrogen) atoms. The maximum Gasteiger partial charge on any atom is 0.306 e. The number of aliphatic hydroxyl groups is 2. The summed E-state index contributed by atoms with van der Waals surface area (Å²) in [6, 6.07) is 19.6. The Morgan fingerprint density at radius 1 is 0.606 bits per heavy atom. The van der Waals surface area contributed by atoms with Gasteiger partial charge in [0, 0.05) is 88.7 Å². The second-order valence-electron chi connectivity index (χ2n) is 16.4. The third-order valence-electron chi connectivity index (χ3n) is 11.5. The molecule has 2 aromatic heterocycles. The minimum absolute atomic E-state index is 0.104. The molecule has 2 aliphatic heterocycles. The van der Waals surface area contributed by atoms with Crippen LogP contribution in [0.5, 0.6) is 23.5 Å². The fourth-order valence-corrected chi connectivity index (χ4v) is 7.64. The molecule has 358 valence electrons. The van der Waals surface area contributed by atoms with E-state index in [2.05, 4.69) is 46.4 Å². The van der Waals surface area contributed by atoms with Crippen molar-refractivity contribution in [2.24, 2.45) is 0 Å². The van der Waals surface area contributed by atoms with Crippen molar-refractivity contribution < 1.29 is 58.4 Å². The predicted octanol–water partition coefficient (Wildman–Crippen LogP) is 3.19. The molecule has 4 heterocycles. The summed E-state index contributed by atoms with van der Waals surface area (Å²) in [7, 11) is 0. The third kappa shape index (κ3) is 15.9. The Hall–Kier alpha value is -5.44. The van der Waals surface area contributed by atoms with E-state index >= 15 is 0 Å². The number of hydrogen-bond donors (Lipinski definition) is 6. The van der Waals surface area contributed by atoms with Crippen LogP contribution in [0.1, 0.15) is 46.2 Å². The van der Waals surface area contributed by atoms with Gasteiger partial charge in [0.1, 0.15) is 26.4 Å². The first-order valence-corrected chi connectivity index (χ1v) is 22.5. The van der Waals surface area contributed by atoms with Gasteiger partial charge in [-0.15, -0.1) is 0 Å². The molecule has 6 N–H and O–H groups in total. The molecule has 0 aliphatic carbocycles. The number of aliphatic carboxylic acids is 2. The van der Waals surface area contributed by atoms with Gasteiger partial charge in [-0.3, -0.25) is 19.4 Å². The number of pyridine rings is 2. The molecule has 0 bridgehead atoms. The van der Waals surface area contributed by atoms with Crippen LogP contribution in [0.3, 0.4) is 0 Å². The highest BCUT2D eigenvalue weighted by Crippen LogP contribution is 2.32. The van der Waals surface area contributed by atoms with Gasteiger partial charge < -0.3 is 59.5 Å². The number of rotatable bonds is 27. The Balaban J connectivity index is 1.10. The summed E-state index contributed by atoms with van der Waals surface area (Å²) in [5.74, 6) is -0.533. The van der Waals surface area contributed by atoms with Crippen LogP contribution in [0.25, 0.3) is 11.1 Å². The SMILES string of the molecule is Cc1c(COc2ccc(CNCC(O)CC(=O)O)c(OCCN3CCOCC3)n2)cccc1-c1cccc(COc2ccc(CNCC(O)CC(=O)O)c(OCCN3CCOCC3)n2)c1C. The molecule has 2 saturated heterocycles. The van der Waals surface area contributed by atoms with Crippen LogP contribution < -0.4 is 29.6 Å². The Labute approximate surface area is 385 Å². The highest BCUT2D eigenvalue weighted by molar-refractivity contribution is 5.72. The number of carbonyl (C=O) groups is 2. The van der Waals surface area contributed by atoms with Crippen LogP contribution >= 0.6 is 0 Å². The summed E-state index contributed by atoms with van der Waals surface area (Å²) in [5.41, 5.74) is 7.71. The Morgan fingerprint density at radius 2 is 1.02 bits per heavy atom. The lowest BCUT2D eigenvalue weighted by molar-refractivity contribution is -0.140. The molecule has 2 aliphatic rings. The van der Waals surface area contributed by atoms with Crippen LogP contribution in [-0.4, -0.2) is 156 Å². The zero-order chi connectivity index (χ0) is 46.7. The molecule has 2 fully saturated rings. The first kappa shape index (κ1) is 50.0. The molecule has 18 nitrogen and oxygen atoms in total. The number of nitrogens with one attached hydrogen (secondary N) is 2. The Kier molecular flexibility index (Phi) is 19.7. The minimum atomic E-state index is -1.06. The van der Waals surface area contributed by atoms with Crippen LogP contribution in [0.2, 0.25) is 0 Å². The lowest BCUT2D eigenvalue weighted by Crippen LogP contribution is -2.38. The number of aromatic nitrogens is 2. The van der Waals surface area contributed by atoms with E-state index in [1.54, 1.807) is 12.1 Å². The number of benzene rings is 2. The summed E-state index contributed by atoms with van der Waals surface area (Å²) in [6.07, 6.45) is -2.75. The van der Waals surface area contributed by atoms with Crippen molar-refractivity contribution in [3.8, 4) is 34.6 Å². The molecular formula is C48H64N6O12. The van der Waals surface area contributed by atoms with Crippen LogP contribution in [0.4, 0.5) is 0 Å². The van der Waals surface area contributed by atoms with Crippen molar-refractivity contribution in [3.63, 3.8) is 0 Å². The molecule has 2 aromatic carbocycles. The fourth-order valence-electron chi connectivity index (χ4n) is 7.64. The lowest BCUT2D eigenvalue weighted by atomic mass is 9.92. The summed E-state index contributed by atoms with van der Waals surface area (Å²) in [6.45, 7) is 13.8. The summed E-state index contributed by atoms with van der Waals surface area (Å²) in [5, 5.41) is 44.3. The van der Waals surface area contributed by atoms with Crippen LogP contribution in [-0.2, 0) is 45.4 Å². The second-order valence-corrected chi connectivity index (χ2v) is 16.4. The Bertz CT molecular complexity index is 2020. The molecule has 0 amide bonds. The van der Waals surface area contributed by atoms with Crippen molar-refractivity contribution in [3.05, 3.63) is 94.0 Å². The largest absolute Gasteiger partial charge is 0.481 e. The first-order chi connectivity index (χ1) is 32.0. The van der Waals surface area contributed by atoms with E-state index in [4.69, 9.17) is 48.6 Å². The van der Waals surface area contributed by atoms with E-state index in [-0.39, 0.29) is 39.1 Å². The summed E-state index contributed by atoms with van der Waals surface area (Å²) >= 11 is 0. The third-order valence-corrected chi connectivity index (χ3v) is 11.5. The zero-order valence-electron chi connectivity index (χ0n) is 37.9. The zero-order valence-corrected chi connectivity index (χ0v) is 37.9. The van der Waals surface area contributed by atoms with Gasteiger partial charge in [0.2, 0.25) is 23.5 Å². The lowest BCUT2D eigenvalue weighted by Gasteiger charge is -2.26. The predicted molar refractivity (Wildman–Crippen MR) is 244 cm³/mol. The normalized spacial score (nSPS) is 15.5. The average Bonchev–Trinajstić information content (AvgIpc) is 3.30. The standard InChI is InChI=1S/C48H64N6O12/c1-33-37(31-65-43-11-9-35(27-49-29-39(55)25-45(57)58)47(51-43)63-23-17-53-13-19-61-20-14-53)5-3-7-41(33)42-8-4-6-38(34(42)2)32-66-44-12-10-36(28-50-30-40(56)26-46(59)60)48(52-44)64-24-18-54-15-21-62-22-16-54/h3-12,39-40,49-50,55-56H,13-32H2,1-2H3,(H,57,58)(H,59,60). The van der Waals surface area contributed by atoms with Crippen molar-refractivity contribution >= 4 is 11.9 Å². The second kappa shape index (κ2) is 26.0. The molecule has 2 unspecified atom stereocenters. The molecule has 18 heteroatoms. The number of ether oxygens (including phenoxy) is 6. The van der Waals surface area contributed by atoms with Gasteiger partial charge in [-0.1, -0.05) is 36.4 Å². The number of nitrogens with zero attached hydrogens (tertiary/aromatic N) is 4. The molecule has 2 atom stereocenters. The Morgan fingerprint density at radius 3 is 1.41 bits per heavy atom. The number of aliphatic hydroxyl groups excluding tert-OH is 2. The van der Waals surface area contributed by atoms with Crippen molar-refractivity contribution in [2.75, 3.05) is 92.0 Å². The van der Waals surface area contributed by atoms with E-state index in [0.717, 1.165) is 70.7 Å². The van der Waals surface area contributed by atoms with Crippen LogP contribution in [0.15, 0.2) is 60.7 Å². The number of hydrogen-bond acceptors (Lipinski definition) is 16. The van der Waals surface area contributed by atoms with E-state index in [1.807, 2.05) is 36.4 Å². The average molecular weight is 917 g/mol. The highest BCUT2D eigenvalue weighted by atomic mass is 16.5. The number of morpholine rings is 2. The summed E-state index contributed by atoms with van der Waals surface area (Å²) in [4.78, 5) is 36.0. The topological polar surface area (TPSA) is 227 Å².